The van der Waals surface area contributed by atoms with Gasteiger partial charge in [-0.1, -0.05) is 0 Å². The number of hydrogen-bond donors (Lipinski definition) is 2. The minimum Gasteiger partial charge on any atom is -0.366 e. The second kappa shape index (κ2) is 3.48. The summed E-state index contributed by atoms with van der Waals surface area (Å²) in [6.07, 6.45) is 3.61. The Morgan fingerprint density at radius 3 is 2.88 bits per heavy atom. The summed E-state index contributed by atoms with van der Waals surface area (Å²) >= 11 is 0. The number of hydrogen-bond acceptors (Lipinski definition) is 2. The van der Waals surface area contributed by atoms with Crippen molar-refractivity contribution >= 4 is 16.8 Å². The van der Waals surface area contributed by atoms with Gasteiger partial charge in [0.05, 0.1) is 11.7 Å². The Hall–Kier alpha value is -2.56. The SMILES string of the molecule is NC(=O)c1ccc2c(ccn2-c2ccn[nH]2)c1. The zero-order valence-electron chi connectivity index (χ0n) is 8.92. The van der Waals surface area contributed by atoms with Crippen LogP contribution in [0.1, 0.15) is 10.4 Å². The fourth-order valence-electron chi connectivity index (χ4n) is 1.89. The molecule has 0 saturated heterocycles. The maximum absolute atomic E-state index is 11.1. The highest BCUT2D eigenvalue weighted by Crippen LogP contribution is 2.20. The number of H-pyrrole nitrogens is 1. The minimum absolute atomic E-state index is 0.416. The lowest BCUT2D eigenvalue weighted by Crippen LogP contribution is -2.10. The van der Waals surface area contributed by atoms with Crippen LogP contribution in [0.4, 0.5) is 0 Å². The van der Waals surface area contributed by atoms with Crippen molar-refractivity contribution in [1.29, 1.82) is 0 Å². The minimum atomic E-state index is -0.416. The number of rotatable bonds is 2. The van der Waals surface area contributed by atoms with Gasteiger partial charge in [-0.2, -0.15) is 5.10 Å². The topological polar surface area (TPSA) is 76.7 Å². The van der Waals surface area contributed by atoms with E-state index < -0.39 is 5.91 Å². The van der Waals surface area contributed by atoms with E-state index in [0.717, 1.165) is 16.7 Å². The quantitative estimate of drug-likeness (QED) is 0.693. The van der Waals surface area contributed by atoms with Gasteiger partial charge in [-0.05, 0) is 24.3 Å². The average Bonchev–Trinajstić information content (AvgIpc) is 2.96. The van der Waals surface area contributed by atoms with Crippen LogP contribution in [0.25, 0.3) is 16.7 Å². The Morgan fingerprint density at radius 1 is 1.29 bits per heavy atom. The molecule has 0 fully saturated rings. The maximum atomic E-state index is 11.1. The van der Waals surface area contributed by atoms with Gasteiger partial charge in [0.15, 0.2) is 0 Å². The summed E-state index contributed by atoms with van der Waals surface area (Å²) < 4.78 is 1.97. The Balaban J connectivity index is 2.21. The highest BCUT2D eigenvalue weighted by Gasteiger charge is 2.06. The predicted molar refractivity (Wildman–Crippen MR) is 63.9 cm³/mol. The van der Waals surface area contributed by atoms with E-state index in [-0.39, 0.29) is 0 Å². The molecular formula is C12H10N4O. The normalized spacial score (nSPS) is 10.8. The molecule has 5 heteroatoms. The molecule has 0 unspecified atom stereocenters. The monoisotopic (exact) mass is 226 g/mol. The average molecular weight is 226 g/mol. The second-order valence-electron chi connectivity index (χ2n) is 3.77. The van der Waals surface area contributed by atoms with E-state index >= 15 is 0 Å². The number of amides is 1. The van der Waals surface area contributed by atoms with Crippen LogP contribution in [0.2, 0.25) is 0 Å². The van der Waals surface area contributed by atoms with Crippen molar-refractivity contribution in [3.63, 3.8) is 0 Å². The van der Waals surface area contributed by atoms with Gasteiger partial charge in [0.25, 0.3) is 0 Å². The van der Waals surface area contributed by atoms with Gasteiger partial charge in [0.2, 0.25) is 5.91 Å². The zero-order valence-corrected chi connectivity index (χ0v) is 8.92. The number of aromatic amines is 1. The first-order valence-electron chi connectivity index (χ1n) is 5.16. The molecule has 0 saturated carbocycles. The molecule has 0 aliphatic heterocycles. The van der Waals surface area contributed by atoms with Crippen LogP contribution < -0.4 is 5.73 Å². The second-order valence-corrected chi connectivity index (χ2v) is 3.77. The van der Waals surface area contributed by atoms with Gasteiger partial charge in [-0.15, -0.1) is 0 Å². The standard InChI is InChI=1S/C12H10N4O/c13-12(17)9-1-2-10-8(7-9)4-6-16(10)11-3-5-14-15-11/h1-7H,(H2,13,17)(H,14,15). The number of fused-ring (bicyclic) bond motifs is 1. The van der Waals surface area contributed by atoms with Crippen LogP contribution >= 0.6 is 0 Å². The number of carbonyl (C=O) groups excluding carboxylic acids is 1. The Kier molecular flexibility index (Phi) is 1.98. The van der Waals surface area contributed by atoms with Crippen molar-refractivity contribution < 1.29 is 4.79 Å². The van der Waals surface area contributed by atoms with E-state index in [1.165, 1.54) is 0 Å². The smallest absolute Gasteiger partial charge is 0.248 e. The van der Waals surface area contributed by atoms with Gasteiger partial charge in [-0.3, -0.25) is 9.89 Å². The molecule has 5 nitrogen and oxygen atoms in total. The van der Waals surface area contributed by atoms with Gasteiger partial charge in [0, 0.05) is 23.2 Å². The summed E-state index contributed by atoms with van der Waals surface area (Å²) in [7, 11) is 0. The van der Waals surface area contributed by atoms with Gasteiger partial charge >= 0.3 is 0 Å². The lowest BCUT2D eigenvalue weighted by molar-refractivity contribution is 0.100. The van der Waals surface area contributed by atoms with E-state index in [1.54, 1.807) is 18.3 Å². The predicted octanol–water partition coefficient (Wildman–Crippen LogP) is 1.45. The third-order valence-corrected chi connectivity index (χ3v) is 2.72. The van der Waals surface area contributed by atoms with E-state index in [9.17, 15) is 4.79 Å². The van der Waals surface area contributed by atoms with E-state index in [1.807, 2.05) is 29.0 Å². The summed E-state index contributed by atoms with van der Waals surface area (Å²) in [5.74, 6) is 0.466. The Morgan fingerprint density at radius 2 is 2.18 bits per heavy atom. The molecule has 0 spiro atoms. The zero-order chi connectivity index (χ0) is 11.8. The number of nitrogens with two attached hydrogens (primary N) is 1. The van der Waals surface area contributed by atoms with Crippen molar-refractivity contribution in [3.8, 4) is 5.82 Å². The molecule has 2 aromatic heterocycles. The number of aromatic nitrogens is 3. The van der Waals surface area contributed by atoms with Gasteiger partial charge in [0.1, 0.15) is 5.82 Å². The van der Waals surface area contributed by atoms with E-state index in [2.05, 4.69) is 10.2 Å². The molecule has 0 atom stereocenters. The van der Waals surface area contributed by atoms with Crippen molar-refractivity contribution in [2.45, 2.75) is 0 Å². The highest BCUT2D eigenvalue weighted by molar-refractivity contribution is 5.97. The number of benzene rings is 1. The van der Waals surface area contributed by atoms with Crippen LogP contribution in [0.3, 0.4) is 0 Å². The van der Waals surface area contributed by atoms with E-state index in [0.29, 0.717) is 5.56 Å². The molecule has 3 aromatic rings. The Labute approximate surface area is 96.9 Å². The maximum Gasteiger partial charge on any atom is 0.248 e. The summed E-state index contributed by atoms with van der Waals surface area (Å²) in [5.41, 5.74) is 6.76. The van der Waals surface area contributed by atoms with Crippen molar-refractivity contribution in [1.82, 2.24) is 14.8 Å². The number of nitrogens with zero attached hydrogens (tertiary/aromatic N) is 2. The van der Waals surface area contributed by atoms with Crippen LogP contribution in [0.5, 0.6) is 0 Å². The number of nitrogens with one attached hydrogen (secondary N) is 1. The summed E-state index contributed by atoms with van der Waals surface area (Å²) in [4.78, 5) is 11.1. The van der Waals surface area contributed by atoms with Crippen LogP contribution in [0.15, 0.2) is 42.7 Å². The molecular weight excluding hydrogens is 216 g/mol. The van der Waals surface area contributed by atoms with Gasteiger partial charge in [-0.25, -0.2) is 0 Å². The molecule has 1 aromatic carbocycles. The lowest BCUT2D eigenvalue weighted by atomic mass is 10.1. The first-order valence-corrected chi connectivity index (χ1v) is 5.16. The molecule has 2 heterocycles. The summed E-state index contributed by atoms with van der Waals surface area (Å²) in [6.45, 7) is 0. The summed E-state index contributed by atoms with van der Waals surface area (Å²) in [5, 5.41) is 7.77. The first kappa shape index (κ1) is 9.65. The van der Waals surface area contributed by atoms with Gasteiger partial charge < -0.3 is 10.3 Å². The van der Waals surface area contributed by atoms with E-state index in [4.69, 9.17) is 5.73 Å². The first-order chi connectivity index (χ1) is 8.25. The molecule has 1 amide bonds. The highest BCUT2D eigenvalue weighted by atomic mass is 16.1. The lowest BCUT2D eigenvalue weighted by Gasteiger charge is -2.02. The molecule has 17 heavy (non-hydrogen) atoms. The third kappa shape index (κ3) is 1.48. The largest absolute Gasteiger partial charge is 0.366 e. The fourth-order valence-corrected chi connectivity index (χ4v) is 1.89. The Bertz CT molecular complexity index is 682. The number of carbonyl (C=O) groups is 1. The molecule has 0 aliphatic carbocycles. The van der Waals surface area contributed by atoms with Crippen LogP contribution in [-0.2, 0) is 0 Å². The molecule has 0 aliphatic rings. The molecule has 0 radical (unpaired) electrons. The third-order valence-electron chi connectivity index (χ3n) is 2.72. The number of primary amides is 1. The van der Waals surface area contributed by atoms with Crippen LogP contribution in [0, 0.1) is 0 Å². The summed E-state index contributed by atoms with van der Waals surface area (Å²) in [6, 6.07) is 9.18. The molecule has 3 rings (SSSR count). The van der Waals surface area contributed by atoms with Crippen molar-refractivity contribution in [3.05, 3.63) is 48.3 Å². The molecule has 0 bridgehead atoms. The van der Waals surface area contributed by atoms with Crippen LogP contribution in [-0.4, -0.2) is 20.7 Å². The van der Waals surface area contributed by atoms with Crippen molar-refractivity contribution in [2.24, 2.45) is 5.73 Å². The molecule has 3 N–H and O–H groups in total. The molecule has 84 valence electrons. The van der Waals surface area contributed by atoms with Crippen molar-refractivity contribution in [2.75, 3.05) is 0 Å². The fraction of sp³-hybridized carbons (Fsp3) is 0.